The Hall–Kier alpha value is -3.09. The second-order valence-corrected chi connectivity index (χ2v) is 5.65. The molecule has 0 bridgehead atoms. The van der Waals surface area contributed by atoms with E-state index < -0.39 is 0 Å². The largest absolute Gasteiger partial charge is 0.336 e. The molecule has 1 heterocycles. The molecular formula is C17H20N4O3. The molecule has 126 valence electrons. The number of aryl methyl sites for hydroxylation is 1. The monoisotopic (exact) mass is 328 g/mol. The highest BCUT2D eigenvalue weighted by molar-refractivity contribution is 6.04. The summed E-state index contributed by atoms with van der Waals surface area (Å²) >= 11 is 0. The maximum absolute atomic E-state index is 12.1. The third-order valence-electron chi connectivity index (χ3n) is 3.19. The van der Waals surface area contributed by atoms with Gasteiger partial charge in [0.05, 0.1) is 0 Å². The van der Waals surface area contributed by atoms with Crippen molar-refractivity contribution in [1.82, 2.24) is 9.88 Å². The predicted octanol–water partition coefficient (Wildman–Crippen LogP) is 2.17. The number of anilines is 2. The van der Waals surface area contributed by atoms with Crippen molar-refractivity contribution in [3.05, 3.63) is 58.5 Å². The summed E-state index contributed by atoms with van der Waals surface area (Å²) in [6.07, 6.45) is 1.54. The van der Waals surface area contributed by atoms with Gasteiger partial charge in [0.2, 0.25) is 0 Å². The molecule has 2 rings (SSSR count). The van der Waals surface area contributed by atoms with E-state index >= 15 is 0 Å². The third-order valence-corrected chi connectivity index (χ3v) is 3.19. The van der Waals surface area contributed by atoms with Crippen LogP contribution in [0.15, 0.2) is 47.4 Å². The van der Waals surface area contributed by atoms with Gasteiger partial charge >= 0.3 is 6.03 Å². The summed E-state index contributed by atoms with van der Waals surface area (Å²) < 4.78 is 1.39. The molecule has 0 aliphatic heterocycles. The fourth-order valence-corrected chi connectivity index (χ4v) is 1.96. The highest BCUT2D eigenvalue weighted by Gasteiger charge is 2.08. The Kier molecular flexibility index (Phi) is 5.36. The zero-order valence-corrected chi connectivity index (χ0v) is 13.8. The van der Waals surface area contributed by atoms with Crippen LogP contribution in [0.4, 0.5) is 16.2 Å². The summed E-state index contributed by atoms with van der Waals surface area (Å²) in [6, 6.07) is 9.31. The van der Waals surface area contributed by atoms with Gasteiger partial charge in [0.15, 0.2) is 0 Å². The smallest absolute Gasteiger partial charge is 0.319 e. The lowest BCUT2D eigenvalue weighted by Gasteiger charge is -2.11. The van der Waals surface area contributed by atoms with Gasteiger partial charge in [0.25, 0.3) is 11.5 Å². The quantitative estimate of drug-likeness (QED) is 0.803. The highest BCUT2D eigenvalue weighted by atomic mass is 16.2. The minimum absolute atomic E-state index is 0.0436. The minimum atomic E-state index is -0.369. The van der Waals surface area contributed by atoms with E-state index in [0.717, 1.165) is 0 Å². The number of nitrogens with one attached hydrogen (secondary N) is 3. The van der Waals surface area contributed by atoms with Gasteiger partial charge in [-0.15, -0.1) is 0 Å². The van der Waals surface area contributed by atoms with Crippen molar-refractivity contribution in [2.45, 2.75) is 19.9 Å². The van der Waals surface area contributed by atoms with Crippen LogP contribution in [0.5, 0.6) is 0 Å². The maximum Gasteiger partial charge on any atom is 0.319 e. The first-order valence-electron chi connectivity index (χ1n) is 7.51. The minimum Gasteiger partial charge on any atom is -0.336 e. The molecule has 0 aliphatic rings. The van der Waals surface area contributed by atoms with Gasteiger partial charge in [-0.05, 0) is 44.2 Å². The van der Waals surface area contributed by atoms with Crippen molar-refractivity contribution in [2.75, 3.05) is 10.6 Å². The molecular weight excluding hydrogens is 308 g/mol. The first kappa shape index (κ1) is 17.3. The number of hydrogen-bond donors (Lipinski definition) is 3. The Morgan fingerprint density at radius 3 is 2.12 bits per heavy atom. The molecule has 1 aromatic carbocycles. The topological polar surface area (TPSA) is 92.2 Å². The third kappa shape index (κ3) is 4.70. The van der Waals surface area contributed by atoms with E-state index in [1.54, 1.807) is 37.4 Å². The molecule has 3 amide bonds. The number of benzene rings is 1. The van der Waals surface area contributed by atoms with E-state index in [1.165, 1.54) is 16.8 Å². The van der Waals surface area contributed by atoms with E-state index in [1.807, 2.05) is 13.8 Å². The molecule has 0 radical (unpaired) electrons. The normalized spacial score (nSPS) is 10.3. The Morgan fingerprint density at radius 2 is 1.58 bits per heavy atom. The van der Waals surface area contributed by atoms with Crippen LogP contribution in [0.3, 0.4) is 0 Å². The Balaban J connectivity index is 2.00. The molecule has 0 fully saturated rings. The van der Waals surface area contributed by atoms with E-state index in [0.29, 0.717) is 11.4 Å². The van der Waals surface area contributed by atoms with Crippen LogP contribution in [0.2, 0.25) is 0 Å². The Morgan fingerprint density at radius 1 is 1.00 bits per heavy atom. The standard InChI is InChI=1S/C17H20N4O3/c1-11(2)18-17(24)20-14-6-4-13(5-7-14)19-16(23)12-8-9-21(3)15(22)10-12/h4-11H,1-3H3,(H,19,23)(H2,18,20,24). The molecule has 0 spiro atoms. The van der Waals surface area contributed by atoms with E-state index in [2.05, 4.69) is 16.0 Å². The summed E-state index contributed by atoms with van der Waals surface area (Å²) in [5, 5.41) is 8.11. The lowest BCUT2D eigenvalue weighted by atomic mass is 10.2. The van der Waals surface area contributed by atoms with Crippen LogP contribution in [0.1, 0.15) is 24.2 Å². The molecule has 1 aromatic heterocycles. The second kappa shape index (κ2) is 7.45. The van der Waals surface area contributed by atoms with Crippen molar-refractivity contribution in [1.29, 1.82) is 0 Å². The van der Waals surface area contributed by atoms with Crippen molar-refractivity contribution in [2.24, 2.45) is 7.05 Å². The van der Waals surface area contributed by atoms with Crippen LogP contribution in [-0.2, 0) is 7.05 Å². The van der Waals surface area contributed by atoms with Gasteiger partial charge in [-0.25, -0.2) is 4.79 Å². The van der Waals surface area contributed by atoms with E-state index in [9.17, 15) is 14.4 Å². The Labute approximate surface area is 139 Å². The molecule has 0 saturated carbocycles. The number of amides is 3. The molecule has 3 N–H and O–H groups in total. The SMILES string of the molecule is CC(C)NC(=O)Nc1ccc(NC(=O)c2ccn(C)c(=O)c2)cc1. The van der Waals surface area contributed by atoms with Crippen molar-refractivity contribution in [3.63, 3.8) is 0 Å². The number of carbonyl (C=O) groups excluding carboxylic acids is 2. The Bertz CT molecular complexity index is 794. The van der Waals surface area contributed by atoms with Crippen LogP contribution < -0.4 is 21.5 Å². The molecule has 2 aromatic rings. The molecule has 7 nitrogen and oxygen atoms in total. The molecule has 0 aliphatic carbocycles. The average Bonchev–Trinajstić information content (AvgIpc) is 2.51. The van der Waals surface area contributed by atoms with Gasteiger partial charge in [-0.2, -0.15) is 0 Å². The van der Waals surface area contributed by atoms with Gasteiger partial charge in [0.1, 0.15) is 0 Å². The van der Waals surface area contributed by atoms with Crippen molar-refractivity contribution in [3.8, 4) is 0 Å². The summed E-state index contributed by atoms with van der Waals surface area (Å²) in [7, 11) is 1.62. The summed E-state index contributed by atoms with van der Waals surface area (Å²) in [4.78, 5) is 35.3. The van der Waals surface area contributed by atoms with Gasteiger partial charge in [0, 0.05) is 42.3 Å². The average molecular weight is 328 g/mol. The molecule has 0 atom stereocenters. The second-order valence-electron chi connectivity index (χ2n) is 5.65. The van der Waals surface area contributed by atoms with Crippen LogP contribution in [-0.4, -0.2) is 22.5 Å². The zero-order chi connectivity index (χ0) is 17.7. The van der Waals surface area contributed by atoms with Gasteiger partial charge in [-0.1, -0.05) is 0 Å². The van der Waals surface area contributed by atoms with Crippen LogP contribution in [0.25, 0.3) is 0 Å². The molecule has 7 heteroatoms. The number of carbonyl (C=O) groups is 2. The number of nitrogens with zero attached hydrogens (tertiary/aromatic N) is 1. The zero-order valence-electron chi connectivity index (χ0n) is 13.8. The summed E-state index contributed by atoms with van der Waals surface area (Å²) in [6.45, 7) is 3.74. The van der Waals surface area contributed by atoms with Crippen LogP contribution >= 0.6 is 0 Å². The number of hydrogen-bond acceptors (Lipinski definition) is 3. The lowest BCUT2D eigenvalue weighted by Crippen LogP contribution is -2.34. The maximum atomic E-state index is 12.1. The molecule has 24 heavy (non-hydrogen) atoms. The van der Waals surface area contributed by atoms with Crippen LogP contribution in [0, 0.1) is 0 Å². The fraction of sp³-hybridized carbons (Fsp3) is 0.235. The number of aromatic nitrogens is 1. The number of pyridine rings is 1. The first-order valence-corrected chi connectivity index (χ1v) is 7.51. The van der Waals surface area contributed by atoms with Gasteiger partial charge in [-0.3, -0.25) is 9.59 Å². The van der Waals surface area contributed by atoms with Crippen molar-refractivity contribution >= 4 is 23.3 Å². The van der Waals surface area contributed by atoms with Crippen molar-refractivity contribution < 1.29 is 9.59 Å². The number of urea groups is 1. The highest BCUT2D eigenvalue weighted by Crippen LogP contribution is 2.14. The van der Waals surface area contributed by atoms with E-state index in [-0.39, 0.29) is 29.1 Å². The first-order chi connectivity index (χ1) is 11.3. The summed E-state index contributed by atoms with van der Waals surface area (Å²) in [5.41, 5.74) is 1.21. The van der Waals surface area contributed by atoms with Gasteiger partial charge < -0.3 is 20.5 Å². The fourth-order valence-electron chi connectivity index (χ4n) is 1.96. The number of rotatable bonds is 4. The predicted molar refractivity (Wildman–Crippen MR) is 93.4 cm³/mol. The lowest BCUT2D eigenvalue weighted by molar-refractivity contribution is 0.102. The molecule has 0 unspecified atom stereocenters. The molecule has 0 saturated heterocycles. The summed E-state index contributed by atoms with van der Waals surface area (Å²) in [5.74, 6) is -0.369. The van der Waals surface area contributed by atoms with E-state index in [4.69, 9.17) is 0 Å².